The quantitative estimate of drug-likeness (QED) is 0.802. The van der Waals surface area contributed by atoms with E-state index in [1.807, 2.05) is 37.4 Å². The van der Waals surface area contributed by atoms with Crippen molar-refractivity contribution in [2.45, 2.75) is 13.8 Å². The van der Waals surface area contributed by atoms with Gasteiger partial charge in [-0.1, -0.05) is 6.07 Å². The Hall–Kier alpha value is -2.12. The number of amides is 1. The fraction of sp³-hybridized carbons (Fsp3) is 0.143. The molecule has 1 N–H and O–H groups in total. The molecule has 106 valence electrons. The number of rotatable bonds is 3. The highest BCUT2D eigenvalue weighted by Crippen LogP contribution is 2.25. The number of nitrogens with one attached hydrogen (secondary N) is 1. The van der Waals surface area contributed by atoms with Gasteiger partial charge >= 0.3 is 0 Å². The van der Waals surface area contributed by atoms with Crippen molar-refractivity contribution < 1.29 is 4.79 Å². The monoisotopic (exact) mass is 316 g/mol. The Bertz CT molecular complexity index is 779. The van der Waals surface area contributed by atoms with Crippen molar-refractivity contribution in [3.05, 3.63) is 45.4 Å². The lowest BCUT2D eigenvalue weighted by molar-refractivity contribution is 0.103. The van der Waals surface area contributed by atoms with Crippen LogP contribution in [0.3, 0.4) is 0 Å². The van der Waals surface area contributed by atoms with Crippen molar-refractivity contribution in [1.29, 1.82) is 0 Å². The molecule has 0 aliphatic rings. The third-order valence-corrected chi connectivity index (χ3v) is 4.59. The second kappa shape index (κ2) is 5.71. The van der Waals surface area contributed by atoms with Crippen molar-refractivity contribution >= 4 is 33.7 Å². The summed E-state index contributed by atoms with van der Waals surface area (Å²) in [6.07, 6.45) is 1.72. The predicted octanol–water partition coefficient (Wildman–Crippen LogP) is 3.53. The van der Waals surface area contributed by atoms with Gasteiger partial charge in [-0.3, -0.25) is 15.1 Å². The molecule has 0 radical (unpaired) electrons. The van der Waals surface area contributed by atoms with Crippen LogP contribution in [0.2, 0.25) is 0 Å². The average Bonchev–Trinajstić information content (AvgIpc) is 3.06. The first-order valence-electron chi connectivity index (χ1n) is 6.26. The summed E-state index contributed by atoms with van der Waals surface area (Å²) in [7, 11) is 0. The topological polar surface area (TPSA) is 67.8 Å². The van der Waals surface area contributed by atoms with Crippen molar-refractivity contribution in [3.8, 4) is 11.4 Å². The Balaban J connectivity index is 1.79. The lowest BCUT2D eigenvalue weighted by atomic mass is 10.3. The molecule has 3 rings (SSSR count). The van der Waals surface area contributed by atoms with Gasteiger partial charge in [-0.15, -0.1) is 22.7 Å². The van der Waals surface area contributed by atoms with E-state index in [0.717, 1.165) is 22.1 Å². The van der Waals surface area contributed by atoms with E-state index in [1.54, 1.807) is 6.20 Å². The molecule has 0 unspecified atom stereocenters. The molecule has 3 aromatic heterocycles. The highest BCUT2D eigenvalue weighted by Gasteiger charge is 2.15. The van der Waals surface area contributed by atoms with Crippen molar-refractivity contribution in [3.63, 3.8) is 0 Å². The normalized spacial score (nSPS) is 10.6. The van der Waals surface area contributed by atoms with Crippen LogP contribution >= 0.6 is 22.7 Å². The summed E-state index contributed by atoms with van der Waals surface area (Å²) in [6, 6.07) is 5.65. The lowest BCUT2D eigenvalue weighted by Gasteiger charge is -1.99. The minimum Gasteiger partial charge on any atom is -0.297 e. The predicted molar refractivity (Wildman–Crippen MR) is 84.9 cm³/mol. The molecule has 0 spiro atoms. The van der Waals surface area contributed by atoms with Crippen LogP contribution in [0, 0.1) is 13.8 Å². The van der Waals surface area contributed by atoms with Crippen molar-refractivity contribution in [2.75, 3.05) is 5.32 Å². The van der Waals surface area contributed by atoms with Gasteiger partial charge in [0.15, 0.2) is 5.13 Å². The lowest BCUT2D eigenvalue weighted by Crippen LogP contribution is -2.11. The number of aromatic nitrogens is 3. The van der Waals surface area contributed by atoms with Gasteiger partial charge in [0.2, 0.25) is 0 Å². The maximum absolute atomic E-state index is 12.2. The zero-order valence-corrected chi connectivity index (χ0v) is 13.1. The van der Waals surface area contributed by atoms with Gasteiger partial charge in [-0.2, -0.15) is 0 Å². The summed E-state index contributed by atoms with van der Waals surface area (Å²) >= 11 is 2.77. The van der Waals surface area contributed by atoms with Crippen LogP contribution in [-0.2, 0) is 0 Å². The van der Waals surface area contributed by atoms with Crippen LogP contribution in [-0.4, -0.2) is 20.9 Å². The maximum Gasteiger partial charge on any atom is 0.269 e. The Labute approximate surface area is 129 Å². The molecule has 0 saturated heterocycles. The van der Waals surface area contributed by atoms with E-state index in [2.05, 4.69) is 20.3 Å². The summed E-state index contributed by atoms with van der Waals surface area (Å²) in [5.74, 6) is -0.167. The van der Waals surface area contributed by atoms with Gasteiger partial charge in [0.1, 0.15) is 10.6 Å². The summed E-state index contributed by atoms with van der Waals surface area (Å²) in [5.41, 5.74) is 2.30. The number of aryl methyl sites for hydroxylation is 2. The summed E-state index contributed by atoms with van der Waals surface area (Å²) < 4.78 is 0. The third-order valence-electron chi connectivity index (χ3n) is 2.76. The Morgan fingerprint density at radius 3 is 2.71 bits per heavy atom. The van der Waals surface area contributed by atoms with Gasteiger partial charge in [0.05, 0.1) is 16.4 Å². The zero-order chi connectivity index (χ0) is 14.8. The van der Waals surface area contributed by atoms with E-state index in [0.29, 0.717) is 10.0 Å². The summed E-state index contributed by atoms with van der Waals surface area (Å²) in [6.45, 7) is 3.72. The molecule has 0 bridgehead atoms. The van der Waals surface area contributed by atoms with E-state index >= 15 is 0 Å². The Kier molecular flexibility index (Phi) is 3.76. The minimum absolute atomic E-state index is 0.167. The molecule has 3 aromatic rings. The van der Waals surface area contributed by atoms with E-state index in [-0.39, 0.29) is 5.91 Å². The first kappa shape index (κ1) is 13.8. The molecule has 1 amide bonds. The minimum atomic E-state index is -0.167. The van der Waals surface area contributed by atoms with E-state index in [4.69, 9.17) is 0 Å². The molecule has 7 heteroatoms. The molecule has 0 aliphatic heterocycles. The van der Waals surface area contributed by atoms with Gasteiger partial charge in [-0.25, -0.2) is 9.97 Å². The maximum atomic E-state index is 12.2. The first-order valence-corrected chi connectivity index (χ1v) is 7.95. The number of thiazole rings is 2. The molecule has 3 heterocycles. The fourth-order valence-corrected chi connectivity index (χ4v) is 3.37. The number of nitrogens with zero attached hydrogens (tertiary/aromatic N) is 3. The molecule has 0 atom stereocenters. The SMILES string of the molecule is Cc1nc(C)c(C(=O)Nc2nc(-c3ccccn3)cs2)s1. The Morgan fingerprint density at radius 1 is 1.19 bits per heavy atom. The van der Waals surface area contributed by atoms with E-state index in [9.17, 15) is 4.79 Å². The van der Waals surface area contributed by atoms with Crippen LogP contribution in [0.5, 0.6) is 0 Å². The number of hydrogen-bond donors (Lipinski definition) is 1. The number of carbonyl (C=O) groups is 1. The second-order valence-corrected chi connectivity index (χ2v) is 6.42. The number of hydrogen-bond acceptors (Lipinski definition) is 6. The van der Waals surface area contributed by atoms with Gasteiger partial charge in [0.25, 0.3) is 5.91 Å². The van der Waals surface area contributed by atoms with Crippen LogP contribution in [0.1, 0.15) is 20.4 Å². The van der Waals surface area contributed by atoms with Crippen LogP contribution in [0.15, 0.2) is 29.8 Å². The van der Waals surface area contributed by atoms with Gasteiger partial charge in [0, 0.05) is 11.6 Å². The van der Waals surface area contributed by atoms with Crippen LogP contribution in [0.25, 0.3) is 11.4 Å². The smallest absolute Gasteiger partial charge is 0.269 e. The highest BCUT2D eigenvalue weighted by molar-refractivity contribution is 7.15. The fourth-order valence-electron chi connectivity index (χ4n) is 1.86. The van der Waals surface area contributed by atoms with Crippen LogP contribution < -0.4 is 5.32 Å². The number of anilines is 1. The molecule has 0 aliphatic carbocycles. The van der Waals surface area contributed by atoms with Gasteiger partial charge < -0.3 is 0 Å². The van der Waals surface area contributed by atoms with E-state index in [1.165, 1.54) is 22.7 Å². The highest BCUT2D eigenvalue weighted by atomic mass is 32.1. The molecule has 21 heavy (non-hydrogen) atoms. The summed E-state index contributed by atoms with van der Waals surface area (Å²) in [5, 5.41) is 6.13. The largest absolute Gasteiger partial charge is 0.297 e. The van der Waals surface area contributed by atoms with E-state index < -0.39 is 0 Å². The molecule has 5 nitrogen and oxygen atoms in total. The Morgan fingerprint density at radius 2 is 2.05 bits per heavy atom. The van der Waals surface area contributed by atoms with Crippen LogP contribution in [0.4, 0.5) is 5.13 Å². The number of carbonyl (C=O) groups excluding carboxylic acids is 1. The molecule has 0 aromatic carbocycles. The van der Waals surface area contributed by atoms with Crippen molar-refractivity contribution in [2.24, 2.45) is 0 Å². The summed E-state index contributed by atoms with van der Waals surface area (Å²) in [4.78, 5) is 25.7. The van der Waals surface area contributed by atoms with Crippen molar-refractivity contribution in [1.82, 2.24) is 15.0 Å². The first-order chi connectivity index (χ1) is 10.1. The number of pyridine rings is 1. The molecule has 0 fully saturated rings. The molecule has 0 saturated carbocycles. The molecular weight excluding hydrogens is 304 g/mol. The average molecular weight is 316 g/mol. The molecular formula is C14H12N4OS2. The van der Waals surface area contributed by atoms with Gasteiger partial charge in [-0.05, 0) is 26.0 Å². The zero-order valence-electron chi connectivity index (χ0n) is 11.5. The standard InChI is InChI=1S/C14H12N4OS2/c1-8-12(21-9(2)16-8)13(19)18-14-17-11(7-20-14)10-5-3-4-6-15-10/h3-7H,1-2H3,(H,17,18,19). The second-order valence-electron chi connectivity index (χ2n) is 4.35. The third kappa shape index (κ3) is 2.98.